The first-order valence-electron chi connectivity index (χ1n) is 5.33. The van der Waals surface area contributed by atoms with Crippen LogP contribution in [0.5, 0.6) is 0 Å². The third-order valence-corrected chi connectivity index (χ3v) is 3.19. The smallest absolute Gasteiger partial charge is 0.237 e. The fourth-order valence-corrected chi connectivity index (χ4v) is 2.38. The Morgan fingerprint density at radius 3 is 2.93 bits per heavy atom. The van der Waals surface area contributed by atoms with E-state index in [-0.39, 0.29) is 23.8 Å². The lowest BCUT2D eigenvalue weighted by Gasteiger charge is -2.37. The number of carbonyl (C=O) groups excluding carboxylic acids is 2. The second kappa shape index (κ2) is 4.28. The quantitative estimate of drug-likeness (QED) is 0.656. The van der Waals surface area contributed by atoms with Gasteiger partial charge in [0.2, 0.25) is 5.91 Å². The van der Waals surface area contributed by atoms with Crippen molar-refractivity contribution in [2.75, 3.05) is 19.8 Å². The molecule has 2 unspecified atom stereocenters. The van der Waals surface area contributed by atoms with E-state index in [0.29, 0.717) is 32.6 Å². The lowest BCUT2D eigenvalue weighted by Crippen LogP contribution is -2.55. The van der Waals surface area contributed by atoms with Crippen LogP contribution >= 0.6 is 0 Å². The summed E-state index contributed by atoms with van der Waals surface area (Å²) < 4.78 is 5.23. The van der Waals surface area contributed by atoms with E-state index in [9.17, 15) is 9.59 Å². The molecule has 0 radical (unpaired) electrons. The molecule has 1 heterocycles. The third-order valence-electron chi connectivity index (χ3n) is 3.19. The highest BCUT2D eigenvalue weighted by molar-refractivity contribution is 5.82. The van der Waals surface area contributed by atoms with Crippen molar-refractivity contribution in [2.24, 2.45) is 5.73 Å². The number of ether oxygens (including phenoxy) is 1. The third kappa shape index (κ3) is 2.18. The summed E-state index contributed by atoms with van der Waals surface area (Å²) in [4.78, 5) is 24.5. The van der Waals surface area contributed by atoms with Crippen LogP contribution in [0, 0.1) is 0 Å². The standard InChI is InChI=1S/C10H16N2O3/c11-10(14)9-6-15-4-3-12(9)7-1-2-8(13)5-7/h7,9H,1-6H2,(H2,11,14). The molecule has 5 nitrogen and oxygen atoms in total. The van der Waals surface area contributed by atoms with Gasteiger partial charge in [-0.2, -0.15) is 0 Å². The van der Waals surface area contributed by atoms with Gasteiger partial charge in [-0.3, -0.25) is 14.5 Å². The minimum Gasteiger partial charge on any atom is -0.378 e. The Kier molecular flexibility index (Phi) is 3.02. The molecule has 0 bridgehead atoms. The summed E-state index contributed by atoms with van der Waals surface area (Å²) in [6.45, 7) is 1.68. The van der Waals surface area contributed by atoms with Gasteiger partial charge < -0.3 is 10.5 Å². The largest absolute Gasteiger partial charge is 0.378 e. The predicted octanol–water partition coefficient (Wildman–Crippen LogP) is -0.706. The normalized spacial score (nSPS) is 33.2. The highest BCUT2D eigenvalue weighted by Crippen LogP contribution is 2.24. The van der Waals surface area contributed by atoms with E-state index in [1.807, 2.05) is 4.90 Å². The topological polar surface area (TPSA) is 72.6 Å². The van der Waals surface area contributed by atoms with Gasteiger partial charge in [0.25, 0.3) is 0 Å². The van der Waals surface area contributed by atoms with Crippen molar-refractivity contribution in [3.63, 3.8) is 0 Å². The summed E-state index contributed by atoms with van der Waals surface area (Å²) in [5.41, 5.74) is 5.31. The zero-order chi connectivity index (χ0) is 10.8. The maximum Gasteiger partial charge on any atom is 0.237 e. The van der Waals surface area contributed by atoms with Crippen molar-refractivity contribution in [1.82, 2.24) is 4.90 Å². The molecule has 2 rings (SSSR count). The van der Waals surface area contributed by atoms with Crippen LogP contribution in [0.4, 0.5) is 0 Å². The first kappa shape index (κ1) is 10.6. The van der Waals surface area contributed by atoms with Gasteiger partial charge >= 0.3 is 0 Å². The van der Waals surface area contributed by atoms with E-state index in [1.165, 1.54) is 0 Å². The Morgan fingerprint density at radius 2 is 2.33 bits per heavy atom. The molecule has 2 fully saturated rings. The van der Waals surface area contributed by atoms with Gasteiger partial charge in [0.15, 0.2) is 0 Å². The number of hydrogen-bond acceptors (Lipinski definition) is 4. The van der Waals surface area contributed by atoms with Gasteiger partial charge in [0.1, 0.15) is 11.8 Å². The molecule has 84 valence electrons. The van der Waals surface area contributed by atoms with Crippen LogP contribution in [0.15, 0.2) is 0 Å². The van der Waals surface area contributed by atoms with E-state index in [2.05, 4.69) is 0 Å². The fraction of sp³-hybridized carbons (Fsp3) is 0.800. The predicted molar refractivity (Wildman–Crippen MR) is 53.2 cm³/mol. The maximum atomic E-state index is 11.2. The van der Waals surface area contributed by atoms with Gasteiger partial charge in [-0.05, 0) is 6.42 Å². The number of ketones is 1. The summed E-state index contributed by atoms with van der Waals surface area (Å²) in [6.07, 6.45) is 2.04. The van der Waals surface area contributed by atoms with Crippen LogP contribution in [0.2, 0.25) is 0 Å². The zero-order valence-corrected chi connectivity index (χ0v) is 8.65. The molecule has 2 N–H and O–H groups in total. The lowest BCUT2D eigenvalue weighted by molar-refractivity contribution is -0.132. The number of Topliss-reactive ketones (excluding diaryl/α,β-unsaturated/α-hetero) is 1. The number of nitrogens with zero attached hydrogens (tertiary/aromatic N) is 1. The second-order valence-corrected chi connectivity index (χ2v) is 4.17. The number of primary amides is 1. The molecule has 1 saturated carbocycles. The van der Waals surface area contributed by atoms with Crippen LogP contribution in [0.1, 0.15) is 19.3 Å². The Bertz CT molecular complexity index is 280. The van der Waals surface area contributed by atoms with E-state index in [1.54, 1.807) is 0 Å². The van der Waals surface area contributed by atoms with Crippen LogP contribution in [0.25, 0.3) is 0 Å². The van der Waals surface area contributed by atoms with E-state index >= 15 is 0 Å². The molecule has 15 heavy (non-hydrogen) atoms. The Morgan fingerprint density at radius 1 is 1.53 bits per heavy atom. The molecule has 1 aliphatic carbocycles. The summed E-state index contributed by atoms with van der Waals surface area (Å²) in [5.74, 6) is -0.0660. The number of amides is 1. The molecule has 1 amide bonds. The number of rotatable bonds is 2. The summed E-state index contributed by atoms with van der Waals surface area (Å²) >= 11 is 0. The van der Waals surface area contributed by atoms with Crippen molar-refractivity contribution in [3.8, 4) is 0 Å². The molecule has 2 atom stereocenters. The van der Waals surface area contributed by atoms with E-state index < -0.39 is 0 Å². The minimum absolute atomic E-state index is 0.193. The van der Waals surface area contributed by atoms with E-state index in [4.69, 9.17) is 10.5 Å². The molecule has 1 saturated heterocycles. The average molecular weight is 212 g/mol. The van der Waals surface area contributed by atoms with E-state index in [0.717, 1.165) is 6.42 Å². The fourth-order valence-electron chi connectivity index (χ4n) is 2.38. The molecule has 2 aliphatic rings. The number of carbonyl (C=O) groups is 2. The summed E-state index contributed by atoms with van der Waals surface area (Å²) in [7, 11) is 0. The van der Waals surface area contributed by atoms with Crippen molar-refractivity contribution in [3.05, 3.63) is 0 Å². The van der Waals surface area contributed by atoms with Gasteiger partial charge in [-0.25, -0.2) is 0 Å². The average Bonchev–Trinajstić information content (AvgIpc) is 2.65. The molecule has 1 aliphatic heterocycles. The van der Waals surface area contributed by atoms with Gasteiger partial charge in [-0.1, -0.05) is 0 Å². The first-order chi connectivity index (χ1) is 7.18. The maximum absolute atomic E-state index is 11.2. The van der Waals surface area contributed by atoms with Crippen LogP contribution in [-0.4, -0.2) is 48.4 Å². The zero-order valence-electron chi connectivity index (χ0n) is 8.65. The number of morpholine rings is 1. The van der Waals surface area contributed by atoms with Crippen molar-refractivity contribution >= 4 is 11.7 Å². The van der Waals surface area contributed by atoms with Crippen molar-refractivity contribution in [1.29, 1.82) is 0 Å². The highest BCUT2D eigenvalue weighted by atomic mass is 16.5. The van der Waals surface area contributed by atoms with Crippen LogP contribution in [-0.2, 0) is 14.3 Å². The Labute approximate surface area is 88.5 Å². The van der Waals surface area contributed by atoms with Gasteiger partial charge in [0, 0.05) is 25.4 Å². The molecule has 0 spiro atoms. The monoisotopic (exact) mass is 212 g/mol. The molecule has 0 aromatic heterocycles. The Balaban J connectivity index is 2.04. The van der Waals surface area contributed by atoms with Crippen molar-refractivity contribution < 1.29 is 14.3 Å². The number of nitrogens with two attached hydrogens (primary N) is 1. The molecule has 5 heteroatoms. The lowest BCUT2D eigenvalue weighted by atomic mass is 10.1. The second-order valence-electron chi connectivity index (χ2n) is 4.17. The highest BCUT2D eigenvalue weighted by Gasteiger charge is 2.36. The van der Waals surface area contributed by atoms with Gasteiger partial charge in [0.05, 0.1) is 13.2 Å². The number of hydrogen-bond donors (Lipinski definition) is 1. The molecule has 0 aromatic rings. The van der Waals surface area contributed by atoms with Crippen LogP contribution < -0.4 is 5.73 Å². The van der Waals surface area contributed by atoms with Crippen molar-refractivity contribution in [2.45, 2.75) is 31.3 Å². The SMILES string of the molecule is NC(=O)C1COCCN1C1CCC(=O)C1. The summed E-state index contributed by atoms with van der Waals surface area (Å²) in [5, 5.41) is 0. The molecular formula is C10H16N2O3. The Hall–Kier alpha value is -0.940. The van der Waals surface area contributed by atoms with Gasteiger partial charge in [-0.15, -0.1) is 0 Å². The molecule has 0 aromatic carbocycles. The van der Waals surface area contributed by atoms with Crippen LogP contribution in [0.3, 0.4) is 0 Å². The summed E-state index contributed by atoms with van der Waals surface area (Å²) in [6, 6.07) is -0.159. The first-order valence-corrected chi connectivity index (χ1v) is 5.33. The minimum atomic E-state index is -0.353. The molecular weight excluding hydrogens is 196 g/mol.